The number of aromatic nitrogens is 2. The third kappa shape index (κ3) is 8.41. The summed E-state index contributed by atoms with van der Waals surface area (Å²) in [6.07, 6.45) is 3.59. The molecule has 0 saturated carbocycles. The molecular formula is C18H30N6O5S. The Morgan fingerprint density at radius 1 is 1.10 bits per heavy atom. The average Bonchev–Trinajstić information content (AvgIpc) is 3.17. The van der Waals surface area contributed by atoms with Crippen molar-refractivity contribution >= 4 is 36.3 Å². The van der Waals surface area contributed by atoms with Gasteiger partial charge in [-0.25, -0.2) is 9.78 Å². The average molecular weight is 443 g/mol. The molecule has 0 radical (unpaired) electrons. The van der Waals surface area contributed by atoms with E-state index in [1.54, 1.807) is 6.20 Å². The van der Waals surface area contributed by atoms with E-state index in [1.807, 2.05) is 13.8 Å². The Hall–Kier alpha value is -2.60. The van der Waals surface area contributed by atoms with Crippen LogP contribution in [-0.4, -0.2) is 68.7 Å². The van der Waals surface area contributed by atoms with Gasteiger partial charge in [-0.05, 0) is 19.3 Å². The Balaban J connectivity index is 2.72. The van der Waals surface area contributed by atoms with Gasteiger partial charge in [0.1, 0.15) is 18.1 Å². The zero-order valence-electron chi connectivity index (χ0n) is 17.2. The second-order valence-corrected chi connectivity index (χ2v) is 7.76. The molecule has 0 fully saturated rings. The van der Waals surface area contributed by atoms with Crippen molar-refractivity contribution in [1.29, 1.82) is 0 Å². The summed E-state index contributed by atoms with van der Waals surface area (Å²) in [5.74, 6) is -2.99. The number of nitrogens with one attached hydrogen (secondary N) is 4. The number of amides is 3. The number of nitrogens with zero attached hydrogens (tertiary/aromatic N) is 1. The normalized spacial score (nSPS) is 15.0. The van der Waals surface area contributed by atoms with Crippen LogP contribution >= 0.6 is 12.6 Å². The number of hydrogen-bond acceptors (Lipinski definition) is 7. The highest BCUT2D eigenvalue weighted by molar-refractivity contribution is 7.80. The number of carbonyl (C=O) groups excluding carboxylic acids is 3. The Kier molecular flexibility index (Phi) is 10.3. The van der Waals surface area contributed by atoms with Crippen LogP contribution in [0, 0.1) is 5.92 Å². The second kappa shape index (κ2) is 12.2. The van der Waals surface area contributed by atoms with Crippen molar-refractivity contribution in [3.63, 3.8) is 0 Å². The Labute approximate surface area is 180 Å². The maximum absolute atomic E-state index is 12.7. The van der Waals surface area contributed by atoms with E-state index in [9.17, 15) is 19.2 Å². The molecule has 0 aliphatic carbocycles. The van der Waals surface area contributed by atoms with Crippen molar-refractivity contribution in [1.82, 2.24) is 25.9 Å². The van der Waals surface area contributed by atoms with Crippen LogP contribution in [0.2, 0.25) is 0 Å². The van der Waals surface area contributed by atoms with Gasteiger partial charge in [-0.3, -0.25) is 14.4 Å². The third-order valence-electron chi connectivity index (χ3n) is 4.22. The van der Waals surface area contributed by atoms with Crippen LogP contribution in [0.3, 0.4) is 0 Å². The van der Waals surface area contributed by atoms with Gasteiger partial charge in [0, 0.05) is 24.1 Å². The number of hydrogen-bond donors (Lipinski definition) is 7. The number of nitrogens with two attached hydrogens (primary N) is 1. The second-order valence-electron chi connectivity index (χ2n) is 7.39. The molecule has 0 aliphatic heterocycles. The number of H-pyrrole nitrogens is 1. The molecule has 1 aromatic heterocycles. The number of rotatable bonds is 12. The standard InChI is InChI=1S/C18H30N6O5S/c1-9(2)4-13(23-16(26)12(19)5-11-6-20-8-21-11)17(27)22-10(3)15(25)24-14(7-30)18(28)29/h6,8-10,12-14,30H,4-5,7,19H2,1-3H3,(H,20,21)(H,22,27)(H,23,26)(H,24,25)(H,28,29). The number of carbonyl (C=O) groups is 4. The maximum Gasteiger partial charge on any atom is 0.327 e. The fourth-order valence-electron chi connectivity index (χ4n) is 2.57. The van der Waals surface area contributed by atoms with Gasteiger partial charge in [-0.2, -0.15) is 12.6 Å². The van der Waals surface area contributed by atoms with Gasteiger partial charge in [-0.15, -0.1) is 0 Å². The highest BCUT2D eigenvalue weighted by Crippen LogP contribution is 2.07. The van der Waals surface area contributed by atoms with E-state index in [2.05, 4.69) is 38.5 Å². The molecule has 4 atom stereocenters. The SMILES string of the molecule is CC(C)CC(NC(=O)C(N)Cc1cnc[nH]1)C(=O)NC(C)C(=O)NC(CS)C(=O)O. The molecule has 1 heterocycles. The van der Waals surface area contributed by atoms with E-state index in [0.29, 0.717) is 12.1 Å². The molecule has 0 bridgehead atoms. The van der Waals surface area contributed by atoms with E-state index in [1.165, 1.54) is 13.3 Å². The summed E-state index contributed by atoms with van der Waals surface area (Å²) < 4.78 is 0. The summed E-state index contributed by atoms with van der Waals surface area (Å²) in [6, 6.07) is -3.97. The minimum Gasteiger partial charge on any atom is -0.480 e. The Bertz CT molecular complexity index is 727. The molecule has 1 aromatic rings. The van der Waals surface area contributed by atoms with Crippen LogP contribution < -0.4 is 21.7 Å². The zero-order valence-corrected chi connectivity index (χ0v) is 18.1. The summed E-state index contributed by atoms with van der Waals surface area (Å²) in [5, 5.41) is 16.4. The lowest BCUT2D eigenvalue weighted by molar-refractivity contribution is -0.141. The number of aliphatic carboxylic acids is 1. The van der Waals surface area contributed by atoms with Crippen molar-refractivity contribution in [2.24, 2.45) is 11.7 Å². The lowest BCUT2D eigenvalue weighted by Crippen LogP contribution is -2.57. The van der Waals surface area contributed by atoms with Gasteiger partial charge in [0.25, 0.3) is 0 Å². The number of carboxylic acid groups (broad SMARTS) is 1. The van der Waals surface area contributed by atoms with Gasteiger partial charge in [0.2, 0.25) is 17.7 Å². The molecule has 3 amide bonds. The van der Waals surface area contributed by atoms with Gasteiger partial charge in [-0.1, -0.05) is 13.8 Å². The van der Waals surface area contributed by atoms with Crippen LogP contribution in [0.25, 0.3) is 0 Å². The predicted octanol–water partition coefficient (Wildman–Crippen LogP) is -1.19. The van der Waals surface area contributed by atoms with Crippen molar-refractivity contribution in [2.75, 3.05) is 5.75 Å². The van der Waals surface area contributed by atoms with Crippen LogP contribution in [0.4, 0.5) is 0 Å². The summed E-state index contributed by atoms with van der Waals surface area (Å²) in [4.78, 5) is 55.0. The lowest BCUT2D eigenvalue weighted by atomic mass is 10.0. The molecule has 168 valence electrons. The summed E-state index contributed by atoms with van der Waals surface area (Å²) in [5.41, 5.74) is 6.60. The zero-order chi connectivity index (χ0) is 22.8. The largest absolute Gasteiger partial charge is 0.480 e. The maximum atomic E-state index is 12.7. The molecule has 4 unspecified atom stereocenters. The van der Waals surface area contributed by atoms with Crippen LogP contribution in [-0.2, 0) is 25.6 Å². The molecule has 12 heteroatoms. The summed E-state index contributed by atoms with van der Waals surface area (Å²) >= 11 is 3.88. The van der Waals surface area contributed by atoms with Crippen LogP contribution in [0.5, 0.6) is 0 Å². The molecule has 0 saturated heterocycles. The molecule has 1 rings (SSSR count). The van der Waals surface area contributed by atoms with E-state index in [4.69, 9.17) is 10.8 Å². The summed E-state index contributed by atoms with van der Waals surface area (Å²) in [6.45, 7) is 5.19. The van der Waals surface area contributed by atoms with E-state index < -0.39 is 47.9 Å². The number of carboxylic acids is 1. The fraction of sp³-hybridized carbons (Fsp3) is 0.611. The quantitative estimate of drug-likeness (QED) is 0.199. The van der Waals surface area contributed by atoms with Crippen LogP contribution in [0.15, 0.2) is 12.5 Å². The Morgan fingerprint density at radius 2 is 1.73 bits per heavy atom. The smallest absolute Gasteiger partial charge is 0.327 e. The van der Waals surface area contributed by atoms with Crippen molar-refractivity contribution in [3.05, 3.63) is 18.2 Å². The highest BCUT2D eigenvalue weighted by atomic mass is 32.1. The fourth-order valence-corrected chi connectivity index (χ4v) is 2.82. The summed E-state index contributed by atoms with van der Waals surface area (Å²) in [7, 11) is 0. The predicted molar refractivity (Wildman–Crippen MR) is 113 cm³/mol. The van der Waals surface area contributed by atoms with Gasteiger partial charge in [0.15, 0.2) is 0 Å². The van der Waals surface area contributed by atoms with E-state index in [0.717, 1.165) is 0 Å². The third-order valence-corrected chi connectivity index (χ3v) is 4.59. The molecule has 11 nitrogen and oxygen atoms in total. The number of thiol groups is 1. The van der Waals surface area contributed by atoms with Crippen LogP contribution in [0.1, 0.15) is 32.9 Å². The topological polar surface area (TPSA) is 179 Å². The van der Waals surface area contributed by atoms with Crippen molar-refractivity contribution < 1.29 is 24.3 Å². The number of aromatic amines is 1. The van der Waals surface area contributed by atoms with Gasteiger partial charge in [0.05, 0.1) is 12.4 Å². The molecule has 7 N–H and O–H groups in total. The minimum absolute atomic E-state index is 0.0783. The van der Waals surface area contributed by atoms with Gasteiger partial charge >= 0.3 is 5.97 Å². The first-order valence-corrected chi connectivity index (χ1v) is 10.2. The Morgan fingerprint density at radius 3 is 2.23 bits per heavy atom. The lowest BCUT2D eigenvalue weighted by Gasteiger charge is -2.24. The molecule has 0 spiro atoms. The molecule has 30 heavy (non-hydrogen) atoms. The first kappa shape index (κ1) is 25.4. The molecule has 0 aliphatic rings. The van der Waals surface area contributed by atoms with E-state index >= 15 is 0 Å². The molecule has 0 aromatic carbocycles. The number of imidazole rings is 1. The monoisotopic (exact) mass is 442 g/mol. The van der Waals surface area contributed by atoms with E-state index in [-0.39, 0.29) is 18.1 Å². The first-order valence-electron chi connectivity index (χ1n) is 9.52. The highest BCUT2D eigenvalue weighted by Gasteiger charge is 2.28. The first-order chi connectivity index (χ1) is 14.0. The van der Waals surface area contributed by atoms with Crippen molar-refractivity contribution in [2.45, 2.75) is 57.8 Å². The van der Waals surface area contributed by atoms with Crippen molar-refractivity contribution in [3.8, 4) is 0 Å². The molecular weight excluding hydrogens is 412 g/mol. The minimum atomic E-state index is -1.23. The van der Waals surface area contributed by atoms with Gasteiger partial charge < -0.3 is 31.8 Å².